The second-order valence-corrected chi connectivity index (χ2v) is 6.13. The molecule has 0 aliphatic heterocycles. The van der Waals surface area contributed by atoms with E-state index in [4.69, 9.17) is 10.00 Å². The van der Waals surface area contributed by atoms with Crippen molar-refractivity contribution in [3.63, 3.8) is 0 Å². The first-order valence-electron chi connectivity index (χ1n) is 6.13. The van der Waals surface area contributed by atoms with Gasteiger partial charge in [0.15, 0.2) is 18.3 Å². The molecule has 2 rings (SSSR count). The Labute approximate surface area is 138 Å². The maximum Gasteiger partial charge on any atom is 0.340 e. The van der Waals surface area contributed by atoms with Gasteiger partial charge in [0.05, 0.1) is 11.6 Å². The fraction of sp³-hybridized carbons (Fsp3) is 0.214. The summed E-state index contributed by atoms with van der Waals surface area (Å²) in [5.41, 5.74) is 0.964. The van der Waals surface area contributed by atoms with Crippen LogP contribution >= 0.6 is 27.3 Å². The number of esters is 1. The number of hydrogen-bond donors (Lipinski definition) is 0. The molecule has 0 N–H and O–H groups in total. The maximum atomic E-state index is 12.0. The fourth-order valence-electron chi connectivity index (χ4n) is 1.60. The van der Waals surface area contributed by atoms with Crippen molar-refractivity contribution in [3.05, 3.63) is 44.6 Å². The third kappa shape index (κ3) is 3.96. The van der Waals surface area contributed by atoms with E-state index >= 15 is 0 Å². The number of aromatic nitrogens is 2. The number of rotatable bonds is 5. The summed E-state index contributed by atoms with van der Waals surface area (Å²) < 4.78 is 5.56. The number of nitrogens with zero attached hydrogens (tertiary/aromatic N) is 3. The molecule has 0 radical (unpaired) electrons. The van der Waals surface area contributed by atoms with E-state index in [1.54, 1.807) is 12.3 Å². The van der Waals surface area contributed by atoms with Gasteiger partial charge in [0.1, 0.15) is 5.01 Å². The molecule has 0 fully saturated rings. The van der Waals surface area contributed by atoms with Crippen molar-refractivity contribution in [2.45, 2.75) is 12.8 Å². The Kier molecular flexibility index (Phi) is 5.35. The third-order valence-electron chi connectivity index (χ3n) is 2.62. The first-order valence-corrected chi connectivity index (χ1v) is 7.80. The van der Waals surface area contributed by atoms with Crippen molar-refractivity contribution in [1.82, 2.24) is 9.97 Å². The lowest BCUT2D eigenvalue weighted by molar-refractivity contribution is -0.122. The molecule has 2 heterocycles. The van der Waals surface area contributed by atoms with Crippen molar-refractivity contribution in [2.24, 2.45) is 0 Å². The van der Waals surface area contributed by atoms with Crippen LogP contribution in [0.3, 0.4) is 0 Å². The molecule has 8 heteroatoms. The lowest BCUT2D eigenvalue weighted by Gasteiger charge is -2.06. The lowest BCUT2D eigenvalue weighted by atomic mass is 10.1. The van der Waals surface area contributed by atoms with Gasteiger partial charge in [-0.2, -0.15) is 5.26 Å². The van der Waals surface area contributed by atoms with Gasteiger partial charge in [-0.15, -0.1) is 11.3 Å². The second-order valence-electron chi connectivity index (χ2n) is 4.32. The highest BCUT2D eigenvalue weighted by molar-refractivity contribution is 9.10. The van der Waals surface area contributed by atoms with Gasteiger partial charge < -0.3 is 4.74 Å². The lowest BCUT2D eigenvalue weighted by Crippen LogP contribution is -2.20. The Bertz CT molecular complexity index is 754. The highest BCUT2D eigenvalue weighted by Gasteiger charge is 2.24. The second kappa shape index (κ2) is 7.24. The van der Waals surface area contributed by atoms with E-state index in [0.717, 1.165) is 5.69 Å². The molecule has 0 amide bonds. The van der Waals surface area contributed by atoms with Gasteiger partial charge in [-0.05, 0) is 28.9 Å². The minimum atomic E-state index is -1.02. The summed E-state index contributed by atoms with van der Waals surface area (Å²) in [4.78, 5) is 31.8. The minimum absolute atomic E-state index is 0.223. The molecule has 6 nitrogen and oxygen atoms in total. The Hall–Kier alpha value is -2.11. The summed E-state index contributed by atoms with van der Waals surface area (Å²) in [6, 6.07) is 3.42. The molecule has 0 spiro atoms. The molecule has 0 unspecified atom stereocenters. The molecule has 0 aliphatic carbocycles. The van der Waals surface area contributed by atoms with Gasteiger partial charge in [0, 0.05) is 27.9 Å². The average molecular weight is 380 g/mol. The number of ketones is 1. The number of nitriles is 1. The van der Waals surface area contributed by atoms with E-state index < -0.39 is 24.3 Å². The number of halogens is 1. The molecule has 0 saturated carbocycles. The Morgan fingerprint density at radius 1 is 1.50 bits per heavy atom. The summed E-state index contributed by atoms with van der Waals surface area (Å²) in [6.45, 7) is 1.29. The van der Waals surface area contributed by atoms with Gasteiger partial charge in [0.2, 0.25) is 0 Å². The Morgan fingerprint density at radius 3 is 2.86 bits per heavy atom. The number of aryl methyl sites for hydroxylation is 1. The zero-order valence-corrected chi connectivity index (χ0v) is 13.8. The van der Waals surface area contributed by atoms with E-state index in [-0.39, 0.29) is 5.56 Å². The summed E-state index contributed by atoms with van der Waals surface area (Å²) >= 11 is 4.42. The standard InChI is InChI=1S/C14H10BrN3O3S/c1-8-7-22-13(18-8)11(3-16)12(19)6-21-14(20)9-2-10(15)5-17-4-9/h2,4-5,7,11H,6H2,1H3/t11-/m1/s1. The summed E-state index contributed by atoms with van der Waals surface area (Å²) in [6.07, 6.45) is 2.86. The zero-order chi connectivity index (χ0) is 16.1. The Morgan fingerprint density at radius 2 is 2.27 bits per heavy atom. The first-order chi connectivity index (χ1) is 10.5. The number of carbonyl (C=O) groups is 2. The van der Waals surface area contributed by atoms with Crippen molar-refractivity contribution >= 4 is 39.0 Å². The quantitative estimate of drug-likeness (QED) is 0.741. The van der Waals surface area contributed by atoms with Gasteiger partial charge in [0.25, 0.3) is 0 Å². The molecule has 0 aromatic carbocycles. The minimum Gasteiger partial charge on any atom is -0.454 e. The summed E-state index contributed by atoms with van der Waals surface area (Å²) in [5.74, 6) is -2.20. The largest absolute Gasteiger partial charge is 0.454 e. The molecule has 2 aromatic heterocycles. The average Bonchev–Trinajstić information content (AvgIpc) is 2.91. The third-order valence-corrected chi connectivity index (χ3v) is 4.08. The van der Waals surface area contributed by atoms with E-state index in [9.17, 15) is 9.59 Å². The molecule has 112 valence electrons. The number of ether oxygens (including phenoxy) is 1. The smallest absolute Gasteiger partial charge is 0.340 e. The van der Waals surface area contributed by atoms with Crippen LogP contribution in [0.5, 0.6) is 0 Å². The molecule has 0 aliphatic rings. The SMILES string of the molecule is Cc1csc([C@H](C#N)C(=O)COC(=O)c2cncc(Br)c2)n1. The van der Waals surface area contributed by atoms with Gasteiger partial charge in [-0.3, -0.25) is 9.78 Å². The normalized spacial score (nSPS) is 11.5. The predicted molar refractivity (Wildman–Crippen MR) is 82.4 cm³/mol. The topological polar surface area (TPSA) is 92.9 Å². The van der Waals surface area contributed by atoms with Crippen LogP contribution in [-0.4, -0.2) is 28.3 Å². The van der Waals surface area contributed by atoms with Crippen LogP contribution in [0.4, 0.5) is 0 Å². The zero-order valence-electron chi connectivity index (χ0n) is 11.4. The Balaban J connectivity index is 2.00. The number of hydrogen-bond acceptors (Lipinski definition) is 7. The highest BCUT2D eigenvalue weighted by atomic mass is 79.9. The summed E-state index contributed by atoms with van der Waals surface area (Å²) in [7, 11) is 0. The molecular weight excluding hydrogens is 370 g/mol. The van der Waals surface area contributed by atoms with E-state index in [1.807, 2.05) is 6.07 Å². The predicted octanol–water partition coefficient (Wildman–Crippen LogP) is 2.64. The van der Waals surface area contributed by atoms with Crippen molar-refractivity contribution < 1.29 is 14.3 Å². The highest BCUT2D eigenvalue weighted by Crippen LogP contribution is 2.21. The van der Waals surface area contributed by atoms with E-state index in [2.05, 4.69) is 25.9 Å². The van der Waals surface area contributed by atoms with E-state index in [0.29, 0.717) is 9.48 Å². The number of thiazole rings is 1. The monoisotopic (exact) mass is 379 g/mol. The first kappa shape index (κ1) is 16.3. The number of pyridine rings is 1. The molecule has 1 atom stereocenters. The molecular formula is C14H10BrN3O3S. The van der Waals surface area contributed by atoms with Gasteiger partial charge >= 0.3 is 5.97 Å². The molecule has 0 bridgehead atoms. The molecule has 2 aromatic rings. The fourth-order valence-corrected chi connectivity index (χ4v) is 2.82. The maximum absolute atomic E-state index is 12.0. The van der Waals surface area contributed by atoms with Crippen molar-refractivity contribution in [2.75, 3.05) is 6.61 Å². The van der Waals surface area contributed by atoms with Crippen LogP contribution < -0.4 is 0 Å². The van der Waals surface area contributed by atoms with Crippen LogP contribution in [0, 0.1) is 18.3 Å². The van der Waals surface area contributed by atoms with Crippen molar-refractivity contribution in [1.29, 1.82) is 5.26 Å². The number of Topliss-reactive ketones (excluding diaryl/α,β-unsaturated/α-hetero) is 1. The van der Waals surface area contributed by atoms with Crippen LogP contribution in [0.25, 0.3) is 0 Å². The van der Waals surface area contributed by atoms with E-state index in [1.165, 1.54) is 29.8 Å². The van der Waals surface area contributed by atoms with Crippen molar-refractivity contribution in [3.8, 4) is 6.07 Å². The van der Waals surface area contributed by atoms with Crippen LogP contribution in [0.2, 0.25) is 0 Å². The number of carbonyl (C=O) groups excluding carboxylic acids is 2. The van der Waals surface area contributed by atoms with Gasteiger partial charge in [-0.25, -0.2) is 9.78 Å². The van der Waals surface area contributed by atoms with Gasteiger partial charge in [-0.1, -0.05) is 0 Å². The van der Waals surface area contributed by atoms with Crippen LogP contribution in [0.15, 0.2) is 28.3 Å². The molecule has 22 heavy (non-hydrogen) atoms. The van der Waals surface area contributed by atoms with Crippen LogP contribution in [0.1, 0.15) is 27.0 Å². The summed E-state index contributed by atoms with van der Waals surface area (Å²) in [5, 5.41) is 11.3. The molecule has 0 saturated heterocycles. The van der Waals surface area contributed by atoms with Crippen LogP contribution in [-0.2, 0) is 9.53 Å².